The summed E-state index contributed by atoms with van der Waals surface area (Å²) in [6.45, 7) is 5.55. The van der Waals surface area contributed by atoms with Gasteiger partial charge in [-0.3, -0.25) is 0 Å². The van der Waals surface area contributed by atoms with E-state index in [1.54, 1.807) is 18.3 Å². The molecule has 0 radical (unpaired) electrons. The van der Waals surface area contributed by atoms with Crippen LogP contribution in [0.4, 0.5) is 4.39 Å². The van der Waals surface area contributed by atoms with Gasteiger partial charge in [-0.15, -0.1) is 0 Å². The molecule has 0 saturated heterocycles. The lowest BCUT2D eigenvalue weighted by atomic mass is 10.1. The van der Waals surface area contributed by atoms with Crippen LogP contribution in [-0.2, 0) is 0 Å². The normalized spacial score (nSPS) is 12.2. The highest BCUT2D eigenvalue weighted by Crippen LogP contribution is 2.12. The summed E-state index contributed by atoms with van der Waals surface area (Å²) in [6, 6.07) is 6.61. The van der Waals surface area contributed by atoms with Crippen molar-refractivity contribution < 1.29 is 4.39 Å². The van der Waals surface area contributed by atoms with Crippen LogP contribution in [-0.4, -0.2) is 0 Å². The SMILES string of the molecule is C=CN[C@@H](C)c1ccc(F)cc1. The topological polar surface area (TPSA) is 12.0 Å². The lowest BCUT2D eigenvalue weighted by Crippen LogP contribution is -2.10. The molecule has 0 bridgehead atoms. The second-order valence-corrected chi connectivity index (χ2v) is 2.64. The fourth-order valence-corrected chi connectivity index (χ4v) is 1.02. The van der Waals surface area contributed by atoms with Gasteiger partial charge in [0.2, 0.25) is 0 Å². The van der Waals surface area contributed by atoms with Crippen molar-refractivity contribution in [2.45, 2.75) is 13.0 Å². The van der Waals surface area contributed by atoms with E-state index in [4.69, 9.17) is 0 Å². The van der Waals surface area contributed by atoms with Gasteiger partial charge in [-0.25, -0.2) is 4.39 Å². The molecule has 0 saturated carbocycles. The Labute approximate surface area is 71.9 Å². The van der Waals surface area contributed by atoms with Gasteiger partial charge in [0.25, 0.3) is 0 Å². The average molecular weight is 165 g/mol. The molecule has 1 nitrogen and oxygen atoms in total. The summed E-state index contributed by atoms with van der Waals surface area (Å²) in [6.07, 6.45) is 1.63. The monoisotopic (exact) mass is 165 g/mol. The van der Waals surface area contributed by atoms with E-state index in [0.29, 0.717) is 0 Å². The van der Waals surface area contributed by atoms with Crippen molar-refractivity contribution in [2.75, 3.05) is 0 Å². The van der Waals surface area contributed by atoms with Crippen molar-refractivity contribution >= 4 is 0 Å². The first-order chi connectivity index (χ1) is 5.74. The molecular formula is C10H12FN. The van der Waals surface area contributed by atoms with Crippen LogP contribution in [0.25, 0.3) is 0 Å². The highest BCUT2D eigenvalue weighted by molar-refractivity contribution is 5.19. The third kappa shape index (κ3) is 2.09. The van der Waals surface area contributed by atoms with Gasteiger partial charge in [0.05, 0.1) is 0 Å². The maximum Gasteiger partial charge on any atom is 0.123 e. The Morgan fingerprint density at radius 1 is 1.42 bits per heavy atom. The number of nitrogens with one attached hydrogen (secondary N) is 1. The number of rotatable bonds is 3. The Hall–Kier alpha value is -1.31. The van der Waals surface area contributed by atoms with E-state index in [2.05, 4.69) is 11.9 Å². The van der Waals surface area contributed by atoms with Gasteiger partial charge in [0.15, 0.2) is 0 Å². The van der Waals surface area contributed by atoms with Crippen LogP contribution in [0.1, 0.15) is 18.5 Å². The Morgan fingerprint density at radius 3 is 2.50 bits per heavy atom. The largest absolute Gasteiger partial charge is 0.385 e. The first-order valence-corrected chi connectivity index (χ1v) is 3.86. The number of halogens is 1. The minimum absolute atomic E-state index is 0.183. The standard InChI is InChI=1S/C10H12FN/c1-3-12-8(2)9-4-6-10(11)7-5-9/h3-8,12H,1H2,2H3/t8-/m0/s1. The minimum Gasteiger partial charge on any atom is -0.385 e. The van der Waals surface area contributed by atoms with Crippen molar-refractivity contribution in [2.24, 2.45) is 0 Å². The van der Waals surface area contributed by atoms with Gasteiger partial charge < -0.3 is 5.32 Å². The van der Waals surface area contributed by atoms with Crippen LogP contribution in [0.3, 0.4) is 0 Å². The molecule has 0 aromatic heterocycles. The maximum absolute atomic E-state index is 12.5. The van der Waals surface area contributed by atoms with Crippen molar-refractivity contribution in [1.29, 1.82) is 0 Å². The summed E-state index contributed by atoms with van der Waals surface area (Å²) in [5.74, 6) is -0.204. The van der Waals surface area contributed by atoms with Crippen LogP contribution in [0.5, 0.6) is 0 Å². The van der Waals surface area contributed by atoms with Crippen molar-refractivity contribution in [3.63, 3.8) is 0 Å². The van der Waals surface area contributed by atoms with Gasteiger partial charge in [0, 0.05) is 6.04 Å². The highest BCUT2D eigenvalue weighted by atomic mass is 19.1. The van der Waals surface area contributed by atoms with E-state index in [1.165, 1.54) is 12.1 Å². The Morgan fingerprint density at radius 2 is 2.00 bits per heavy atom. The van der Waals surface area contributed by atoms with Crippen LogP contribution >= 0.6 is 0 Å². The van der Waals surface area contributed by atoms with Gasteiger partial charge in [-0.2, -0.15) is 0 Å². The molecule has 0 heterocycles. The van der Waals surface area contributed by atoms with E-state index < -0.39 is 0 Å². The fourth-order valence-electron chi connectivity index (χ4n) is 1.02. The Balaban J connectivity index is 2.74. The summed E-state index contributed by atoms with van der Waals surface area (Å²) in [7, 11) is 0. The lowest BCUT2D eigenvalue weighted by Gasteiger charge is -2.11. The molecule has 0 spiro atoms. The van der Waals surface area contributed by atoms with Crippen molar-refractivity contribution in [3.05, 3.63) is 48.4 Å². The highest BCUT2D eigenvalue weighted by Gasteiger charge is 2.01. The van der Waals surface area contributed by atoms with E-state index >= 15 is 0 Å². The predicted octanol–water partition coefficient (Wildman–Crippen LogP) is 2.62. The second-order valence-electron chi connectivity index (χ2n) is 2.64. The fraction of sp³-hybridized carbons (Fsp3) is 0.200. The molecule has 1 rings (SSSR count). The van der Waals surface area contributed by atoms with Gasteiger partial charge in [0.1, 0.15) is 5.82 Å². The van der Waals surface area contributed by atoms with E-state index in [1.807, 2.05) is 6.92 Å². The first-order valence-electron chi connectivity index (χ1n) is 3.86. The molecule has 0 unspecified atom stereocenters. The molecule has 0 aliphatic carbocycles. The predicted molar refractivity (Wildman–Crippen MR) is 48.1 cm³/mol. The molecule has 2 heteroatoms. The van der Waals surface area contributed by atoms with E-state index in [-0.39, 0.29) is 11.9 Å². The number of benzene rings is 1. The van der Waals surface area contributed by atoms with Crippen molar-refractivity contribution in [1.82, 2.24) is 5.32 Å². The van der Waals surface area contributed by atoms with E-state index in [9.17, 15) is 4.39 Å². The average Bonchev–Trinajstić information content (AvgIpc) is 2.06. The lowest BCUT2D eigenvalue weighted by molar-refractivity contribution is 0.623. The molecule has 12 heavy (non-hydrogen) atoms. The summed E-state index contributed by atoms with van der Waals surface area (Å²) in [5.41, 5.74) is 1.05. The molecule has 1 aromatic carbocycles. The molecule has 1 atom stereocenters. The molecule has 1 aromatic rings. The van der Waals surface area contributed by atoms with Gasteiger partial charge in [-0.05, 0) is 30.8 Å². The molecule has 64 valence electrons. The molecular weight excluding hydrogens is 153 g/mol. The zero-order valence-electron chi connectivity index (χ0n) is 7.05. The summed E-state index contributed by atoms with van der Waals surface area (Å²) in [5, 5.41) is 3.02. The third-order valence-corrected chi connectivity index (χ3v) is 1.74. The number of hydrogen-bond acceptors (Lipinski definition) is 1. The summed E-state index contributed by atoms with van der Waals surface area (Å²) < 4.78 is 12.5. The van der Waals surface area contributed by atoms with E-state index in [0.717, 1.165) is 5.56 Å². The molecule has 0 fully saturated rings. The van der Waals surface area contributed by atoms with Gasteiger partial charge in [-0.1, -0.05) is 18.7 Å². The zero-order chi connectivity index (χ0) is 8.97. The number of hydrogen-bond donors (Lipinski definition) is 1. The summed E-state index contributed by atoms with van der Waals surface area (Å²) >= 11 is 0. The van der Waals surface area contributed by atoms with Crippen molar-refractivity contribution in [3.8, 4) is 0 Å². The van der Waals surface area contributed by atoms with Crippen LogP contribution < -0.4 is 5.32 Å². The third-order valence-electron chi connectivity index (χ3n) is 1.74. The minimum atomic E-state index is -0.204. The summed E-state index contributed by atoms with van der Waals surface area (Å²) in [4.78, 5) is 0. The molecule has 0 aliphatic heterocycles. The van der Waals surface area contributed by atoms with Crippen LogP contribution in [0.2, 0.25) is 0 Å². The second kappa shape index (κ2) is 3.90. The van der Waals surface area contributed by atoms with Gasteiger partial charge >= 0.3 is 0 Å². The quantitative estimate of drug-likeness (QED) is 0.726. The van der Waals surface area contributed by atoms with Crippen LogP contribution in [0.15, 0.2) is 37.0 Å². The molecule has 0 aliphatic rings. The smallest absolute Gasteiger partial charge is 0.123 e. The zero-order valence-corrected chi connectivity index (χ0v) is 7.05. The molecule has 0 amide bonds. The Kier molecular flexibility index (Phi) is 2.86. The van der Waals surface area contributed by atoms with Crippen LogP contribution in [0, 0.1) is 5.82 Å². The maximum atomic E-state index is 12.5. The first kappa shape index (κ1) is 8.78. The molecule has 1 N–H and O–H groups in total. The Bertz CT molecular complexity index is 253.